The first-order valence-electron chi connectivity index (χ1n) is 7.05. The number of furan rings is 2. The van der Waals surface area contributed by atoms with Gasteiger partial charge in [0.05, 0.1) is 28.6 Å². The summed E-state index contributed by atoms with van der Waals surface area (Å²) in [5, 5.41) is 3.62. The Morgan fingerprint density at radius 1 is 1.17 bits per heavy atom. The molecule has 1 N–H and O–H groups in total. The van der Waals surface area contributed by atoms with Gasteiger partial charge in [-0.05, 0) is 30.3 Å². The van der Waals surface area contributed by atoms with Gasteiger partial charge in [0.1, 0.15) is 12.0 Å². The fourth-order valence-corrected chi connectivity index (χ4v) is 3.16. The quantitative estimate of drug-likeness (QED) is 0.614. The first-order chi connectivity index (χ1) is 11.3. The Labute approximate surface area is 135 Å². The second-order valence-corrected chi connectivity index (χ2v) is 5.98. The molecule has 3 aromatic heterocycles. The first-order valence-corrected chi connectivity index (χ1v) is 7.86. The van der Waals surface area contributed by atoms with Crippen LogP contribution >= 0.6 is 11.3 Å². The van der Waals surface area contributed by atoms with Crippen LogP contribution in [0.25, 0.3) is 21.0 Å². The van der Waals surface area contributed by atoms with Crippen LogP contribution in [0.3, 0.4) is 0 Å². The molecule has 0 saturated heterocycles. The fourth-order valence-electron chi connectivity index (χ4n) is 2.23. The van der Waals surface area contributed by atoms with Crippen LogP contribution in [0.15, 0.2) is 63.8 Å². The van der Waals surface area contributed by atoms with E-state index in [1.807, 2.05) is 36.4 Å². The predicted molar refractivity (Wildman–Crippen MR) is 87.2 cm³/mol. The van der Waals surface area contributed by atoms with Gasteiger partial charge in [-0.3, -0.25) is 4.79 Å². The third-order valence-corrected chi connectivity index (χ3v) is 4.42. The first kappa shape index (κ1) is 13.8. The molecule has 0 saturated carbocycles. The van der Waals surface area contributed by atoms with Crippen molar-refractivity contribution >= 4 is 27.5 Å². The van der Waals surface area contributed by atoms with E-state index in [0.29, 0.717) is 23.6 Å². The SMILES string of the molecule is O=C(NCc1ccc(-c2nc3ccccc3s2)o1)c1ccoc1. The maximum absolute atomic E-state index is 11.9. The lowest BCUT2D eigenvalue weighted by Gasteiger charge is -2.00. The van der Waals surface area contributed by atoms with Crippen LogP contribution in [-0.4, -0.2) is 10.9 Å². The van der Waals surface area contributed by atoms with Gasteiger partial charge >= 0.3 is 0 Å². The van der Waals surface area contributed by atoms with Crippen LogP contribution in [0.4, 0.5) is 0 Å². The highest BCUT2D eigenvalue weighted by atomic mass is 32.1. The highest BCUT2D eigenvalue weighted by Gasteiger charge is 2.12. The molecule has 0 atom stereocenters. The lowest BCUT2D eigenvalue weighted by Crippen LogP contribution is -2.21. The molecular weight excluding hydrogens is 312 g/mol. The van der Waals surface area contributed by atoms with Gasteiger partial charge in [0.15, 0.2) is 10.8 Å². The number of rotatable bonds is 4. The van der Waals surface area contributed by atoms with Crippen molar-refractivity contribution in [3.63, 3.8) is 0 Å². The molecule has 4 aromatic rings. The Hall–Kier alpha value is -2.86. The van der Waals surface area contributed by atoms with Gasteiger partial charge in [0, 0.05) is 0 Å². The molecule has 23 heavy (non-hydrogen) atoms. The summed E-state index contributed by atoms with van der Waals surface area (Å²) < 4.78 is 11.8. The lowest BCUT2D eigenvalue weighted by atomic mass is 10.3. The number of thiazole rings is 1. The van der Waals surface area contributed by atoms with Gasteiger partial charge in [-0.15, -0.1) is 11.3 Å². The molecule has 1 amide bonds. The molecule has 114 valence electrons. The zero-order valence-corrected chi connectivity index (χ0v) is 12.8. The van der Waals surface area contributed by atoms with Crippen molar-refractivity contribution in [1.82, 2.24) is 10.3 Å². The molecule has 0 bridgehead atoms. The van der Waals surface area contributed by atoms with Gasteiger partial charge in [0.2, 0.25) is 0 Å². The maximum Gasteiger partial charge on any atom is 0.254 e. The molecule has 3 heterocycles. The van der Waals surface area contributed by atoms with Crippen molar-refractivity contribution in [2.75, 3.05) is 0 Å². The number of nitrogens with one attached hydrogen (secondary N) is 1. The van der Waals surface area contributed by atoms with E-state index in [0.717, 1.165) is 15.2 Å². The zero-order valence-electron chi connectivity index (χ0n) is 12.0. The molecule has 0 spiro atoms. The highest BCUT2D eigenvalue weighted by Crippen LogP contribution is 2.31. The van der Waals surface area contributed by atoms with E-state index < -0.39 is 0 Å². The standard InChI is InChI=1S/C17H12N2O3S/c20-16(11-7-8-21-10-11)18-9-12-5-6-14(22-12)17-19-13-3-1-2-4-15(13)23-17/h1-8,10H,9H2,(H,18,20). The van der Waals surface area contributed by atoms with Gasteiger partial charge in [-0.2, -0.15) is 0 Å². The van der Waals surface area contributed by atoms with Gasteiger partial charge < -0.3 is 14.2 Å². The fraction of sp³-hybridized carbons (Fsp3) is 0.0588. The average molecular weight is 324 g/mol. The third kappa shape index (κ3) is 2.76. The second kappa shape index (κ2) is 5.73. The molecule has 0 aliphatic carbocycles. The number of benzene rings is 1. The van der Waals surface area contributed by atoms with Gasteiger partial charge in [-0.25, -0.2) is 4.98 Å². The van der Waals surface area contributed by atoms with E-state index in [-0.39, 0.29) is 5.91 Å². The molecule has 6 heteroatoms. The molecule has 0 unspecified atom stereocenters. The van der Waals surface area contributed by atoms with Crippen molar-refractivity contribution in [2.24, 2.45) is 0 Å². The van der Waals surface area contributed by atoms with Crippen LogP contribution in [-0.2, 0) is 6.54 Å². The number of nitrogens with zero attached hydrogens (tertiary/aromatic N) is 1. The van der Waals surface area contributed by atoms with Crippen LogP contribution in [0.5, 0.6) is 0 Å². The summed E-state index contributed by atoms with van der Waals surface area (Å²) >= 11 is 1.58. The van der Waals surface area contributed by atoms with Crippen LogP contribution in [0.2, 0.25) is 0 Å². The second-order valence-electron chi connectivity index (χ2n) is 4.95. The van der Waals surface area contributed by atoms with Crippen molar-refractivity contribution in [1.29, 1.82) is 0 Å². The summed E-state index contributed by atoms with van der Waals surface area (Å²) in [7, 11) is 0. The minimum absolute atomic E-state index is 0.198. The zero-order chi connectivity index (χ0) is 15.6. The van der Waals surface area contributed by atoms with Gasteiger partial charge in [0.25, 0.3) is 5.91 Å². The van der Waals surface area contributed by atoms with Crippen molar-refractivity contribution in [3.05, 3.63) is 66.3 Å². The summed E-state index contributed by atoms with van der Waals surface area (Å²) in [6.45, 7) is 0.314. The summed E-state index contributed by atoms with van der Waals surface area (Å²) in [4.78, 5) is 16.4. The average Bonchev–Trinajstić information content (AvgIpc) is 3.31. The lowest BCUT2D eigenvalue weighted by molar-refractivity contribution is 0.0947. The Kier molecular flexibility index (Phi) is 3.44. The number of carbonyl (C=O) groups excluding carboxylic acids is 1. The number of hydrogen-bond donors (Lipinski definition) is 1. The Bertz CT molecular complexity index is 920. The minimum atomic E-state index is -0.198. The largest absolute Gasteiger partial charge is 0.472 e. The molecule has 0 aliphatic heterocycles. The summed E-state index contributed by atoms with van der Waals surface area (Å²) in [5.74, 6) is 1.19. The monoisotopic (exact) mass is 324 g/mol. The van der Waals surface area contributed by atoms with E-state index in [1.165, 1.54) is 12.5 Å². The molecule has 0 radical (unpaired) electrons. The number of carbonyl (C=O) groups is 1. The van der Waals surface area contributed by atoms with Crippen molar-refractivity contribution in [2.45, 2.75) is 6.54 Å². The highest BCUT2D eigenvalue weighted by molar-refractivity contribution is 7.21. The van der Waals surface area contributed by atoms with E-state index >= 15 is 0 Å². The van der Waals surface area contributed by atoms with Crippen LogP contribution in [0, 0.1) is 0 Å². The summed E-state index contributed by atoms with van der Waals surface area (Å²) in [6, 6.07) is 13.3. The molecule has 5 nitrogen and oxygen atoms in total. The smallest absolute Gasteiger partial charge is 0.254 e. The normalized spacial score (nSPS) is 11.0. The van der Waals surface area contributed by atoms with E-state index in [4.69, 9.17) is 8.83 Å². The Morgan fingerprint density at radius 3 is 2.91 bits per heavy atom. The number of para-hydroxylation sites is 1. The molecular formula is C17H12N2O3S. The molecule has 4 rings (SSSR count). The molecule has 0 fully saturated rings. The number of fused-ring (bicyclic) bond motifs is 1. The third-order valence-electron chi connectivity index (χ3n) is 3.37. The van der Waals surface area contributed by atoms with Crippen molar-refractivity contribution in [3.8, 4) is 10.8 Å². The van der Waals surface area contributed by atoms with E-state index in [1.54, 1.807) is 17.4 Å². The van der Waals surface area contributed by atoms with E-state index in [9.17, 15) is 4.79 Å². The maximum atomic E-state index is 11.9. The predicted octanol–water partition coefficient (Wildman–Crippen LogP) is 4.08. The van der Waals surface area contributed by atoms with Gasteiger partial charge in [-0.1, -0.05) is 12.1 Å². The summed E-state index contributed by atoms with van der Waals surface area (Å²) in [6.07, 6.45) is 2.87. The Balaban J connectivity index is 1.49. The number of aromatic nitrogens is 1. The van der Waals surface area contributed by atoms with Crippen molar-refractivity contribution < 1.29 is 13.6 Å². The van der Waals surface area contributed by atoms with Crippen LogP contribution in [0.1, 0.15) is 16.1 Å². The topological polar surface area (TPSA) is 68.3 Å². The summed E-state index contributed by atoms with van der Waals surface area (Å²) in [5.41, 5.74) is 1.45. The number of amides is 1. The minimum Gasteiger partial charge on any atom is -0.472 e. The molecule has 0 aliphatic rings. The number of hydrogen-bond acceptors (Lipinski definition) is 5. The van der Waals surface area contributed by atoms with E-state index in [2.05, 4.69) is 10.3 Å². The Morgan fingerprint density at radius 2 is 2.09 bits per heavy atom. The van der Waals surface area contributed by atoms with Crippen LogP contribution < -0.4 is 5.32 Å². The molecule has 1 aromatic carbocycles.